The minimum absolute atomic E-state index is 0.0470. The van der Waals surface area contributed by atoms with Gasteiger partial charge in [-0.05, 0) is 31.6 Å². The molecule has 0 N–H and O–H groups in total. The van der Waals surface area contributed by atoms with Gasteiger partial charge in [0.25, 0.3) is 0 Å². The largest absolute Gasteiger partial charge is 0.493 e. The molecule has 0 fully saturated rings. The maximum absolute atomic E-state index is 10.9. The van der Waals surface area contributed by atoms with Gasteiger partial charge in [0.1, 0.15) is 5.75 Å². The molecule has 2 heteroatoms. The number of ketones is 1. The molecule has 0 amide bonds. The maximum atomic E-state index is 10.9. The molecule has 0 radical (unpaired) electrons. The van der Waals surface area contributed by atoms with Gasteiger partial charge in [-0.2, -0.15) is 0 Å². The van der Waals surface area contributed by atoms with Crippen molar-refractivity contribution >= 4 is 11.9 Å². The van der Waals surface area contributed by atoms with E-state index in [1.807, 2.05) is 24.3 Å². The summed E-state index contributed by atoms with van der Waals surface area (Å²) in [5, 5.41) is 0. The Morgan fingerprint density at radius 1 is 1.29 bits per heavy atom. The second-order valence-electron chi connectivity index (χ2n) is 4.04. The number of rotatable bonds is 7. The van der Waals surface area contributed by atoms with Gasteiger partial charge in [-0.15, -0.1) is 0 Å². The van der Waals surface area contributed by atoms with Crippen LogP contribution in [0.4, 0.5) is 0 Å². The standard InChI is InChI=1S/C15H20O2/c1-3-4-7-12-17-15-9-6-5-8-14(15)11-10-13(2)16/h5-6,8-11H,3-4,7,12H2,1-2H3/b11-10+. The predicted octanol–water partition coefficient (Wildman–Crippen LogP) is 3.86. The fourth-order valence-corrected chi connectivity index (χ4v) is 1.49. The van der Waals surface area contributed by atoms with Crippen molar-refractivity contribution in [2.24, 2.45) is 0 Å². The van der Waals surface area contributed by atoms with E-state index < -0.39 is 0 Å². The van der Waals surface area contributed by atoms with E-state index in [4.69, 9.17) is 4.74 Å². The van der Waals surface area contributed by atoms with Crippen molar-refractivity contribution < 1.29 is 9.53 Å². The summed E-state index contributed by atoms with van der Waals surface area (Å²) in [5.41, 5.74) is 0.958. The molecule has 0 spiro atoms. The van der Waals surface area contributed by atoms with E-state index in [2.05, 4.69) is 6.92 Å². The minimum atomic E-state index is 0.0470. The quantitative estimate of drug-likeness (QED) is 0.527. The molecule has 0 heterocycles. The Hall–Kier alpha value is -1.57. The highest BCUT2D eigenvalue weighted by molar-refractivity contribution is 5.91. The third-order valence-corrected chi connectivity index (χ3v) is 2.42. The SMILES string of the molecule is CCCCCOc1ccccc1/C=C/C(C)=O. The summed E-state index contributed by atoms with van der Waals surface area (Å²) in [6.07, 6.45) is 6.81. The monoisotopic (exact) mass is 232 g/mol. The van der Waals surface area contributed by atoms with E-state index in [1.165, 1.54) is 12.8 Å². The minimum Gasteiger partial charge on any atom is -0.493 e. The topological polar surface area (TPSA) is 26.3 Å². The van der Waals surface area contributed by atoms with Crippen LogP contribution in [0, 0.1) is 0 Å². The summed E-state index contributed by atoms with van der Waals surface area (Å²) >= 11 is 0. The van der Waals surface area contributed by atoms with Gasteiger partial charge in [0.15, 0.2) is 5.78 Å². The lowest BCUT2D eigenvalue weighted by atomic mass is 10.1. The molecular formula is C15H20O2. The fraction of sp³-hybridized carbons (Fsp3) is 0.400. The molecule has 2 nitrogen and oxygen atoms in total. The molecule has 0 aromatic heterocycles. The number of hydrogen-bond donors (Lipinski definition) is 0. The Morgan fingerprint density at radius 3 is 2.76 bits per heavy atom. The third-order valence-electron chi connectivity index (χ3n) is 2.42. The van der Waals surface area contributed by atoms with E-state index in [-0.39, 0.29) is 5.78 Å². The molecule has 1 aromatic rings. The Balaban J connectivity index is 2.61. The summed E-state index contributed by atoms with van der Waals surface area (Å²) in [4.78, 5) is 10.9. The first kappa shape index (κ1) is 13.5. The van der Waals surface area contributed by atoms with Gasteiger partial charge in [-0.1, -0.05) is 38.0 Å². The second-order valence-corrected chi connectivity index (χ2v) is 4.04. The van der Waals surface area contributed by atoms with Crippen LogP contribution >= 0.6 is 0 Å². The van der Waals surface area contributed by atoms with E-state index in [1.54, 1.807) is 19.1 Å². The van der Waals surface area contributed by atoms with Crippen molar-refractivity contribution in [1.82, 2.24) is 0 Å². The molecular weight excluding hydrogens is 212 g/mol. The molecule has 1 rings (SSSR count). The zero-order chi connectivity index (χ0) is 12.5. The summed E-state index contributed by atoms with van der Waals surface area (Å²) < 4.78 is 5.71. The predicted molar refractivity (Wildman–Crippen MR) is 71.2 cm³/mol. The van der Waals surface area contributed by atoms with Crippen molar-refractivity contribution in [3.05, 3.63) is 35.9 Å². The van der Waals surface area contributed by atoms with Crippen LogP contribution in [0.2, 0.25) is 0 Å². The van der Waals surface area contributed by atoms with E-state index in [0.717, 1.165) is 24.3 Å². The number of benzene rings is 1. The first-order valence-electron chi connectivity index (χ1n) is 6.14. The van der Waals surface area contributed by atoms with Crippen LogP contribution in [0.3, 0.4) is 0 Å². The lowest BCUT2D eigenvalue weighted by Gasteiger charge is -2.08. The molecule has 0 saturated heterocycles. The molecule has 0 unspecified atom stereocenters. The summed E-state index contributed by atoms with van der Waals surface area (Å²) in [6.45, 7) is 4.45. The summed E-state index contributed by atoms with van der Waals surface area (Å²) in [5.74, 6) is 0.895. The number of ether oxygens (including phenoxy) is 1. The maximum Gasteiger partial charge on any atom is 0.152 e. The highest BCUT2D eigenvalue weighted by Gasteiger charge is 1.99. The highest BCUT2D eigenvalue weighted by Crippen LogP contribution is 2.19. The summed E-state index contributed by atoms with van der Waals surface area (Å²) in [6, 6.07) is 7.78. The highest BCUT2D eigenvalue weighted by atomic mass is 16.5. The number of unbranched alkanes of at least 4 members (excludes halogenated alkanes) is 2. The van der Waals surface area contributed by atoms with Crippen molar-refractivity contribution in [2.45, 2.75) is 33.1 Å². The van der Waals surface area contributed by atoms with Crippen LogP contribution < -0.4 is 4.74 Å². The molecule has 0 aliphatic heterocycles. The fourth-order valence-electron chi connectivity index (χ4n) is 1.49. The molecule has 17 heavy (non-hydrogen) atoms. The van der Waals surface area contributed by atoms with Gasteiger partial charge < -0.3 is 4.74 Å². The van der Waals surface area contributed by atoms with Crippen LogP contribution in [0.25, 0.3) is 6.08 Å². The smallest absolute Gasteiger partial charge is 0.152 e. The Morgan fingerprint density at radius 2 is 2.06 bits per heavy atom. The first-order chi connectivity index (χ1) is 8.24. The van der Waals surface area contributed by atoms with Crippen molar-refractivity contribution in [3.63, 3.8) is 0 Å². The molecule has 1 aromatic carbocycles. The van der Waals surface area contributed by atoms with Gasteiger partial charge in [-0.3, -0.25) is 4.79 Å². The lowest BCUT2D eigenvalue weighted by Crippen LogP contribution is -1.98. The Labute approximate surface area is 103 Å². The van der Waals surface area contributed by atoms with Crippen LogP contribution in [0.5, 0.6) is 5.75 Å². The molecule has 0 aliphatic carbocycles. The molecule has 0 aliphatic rings. The van der Waals surface area contributed by atoms with Crippen LogP contribution in [0.15, 0.2) is 30.3 Å². The molecule has 92 valence electrons. The van der Waals surface area contributed by atoms with Gasteiger partial charge in [0, 0.05) is 5.56 Å². The Bertz CT molecular complexity index is 380. The average molecular weight is 232 g/mol. The zero-order valence-corrected chi connectivity index (χ0v) is 10.6. The Kier molecular flexibility index (Phi) is 6.08. The van der Waals surface area contributed by atoms with E-state index in [0.29, 0.717) is 0 Å². The number of allylic oxidation sites excluding steroid dienone is 1. The molecule has 0 atom stereocenters. The van der Waals surface area contributed by atoms with Crippen LogP contribution in [-0.2, 0) is 4.79 Å². The second kappa shape index (κ2) is 7.66. The number of hydrogen-bond acceptors (Lipinski definition) is 2. The zero-order valence-electron chi connectivity index (χ0n) is 10.6. The van der Waals surface area contributed by atoms with Gasteiger partial charge in [0.2, 0.25) is 0 Å². The van der Waals surface area contributed by atoms with Gasteiger partial charge in [0.05, 0.1) is 6.61 Å². The molecule has 0 bridgehead atoms. The van der Waals surface area contributed by atoms with Crippen LogP contribution in [-0.4, -0.2) is 12.4 Å². The van der Waals surface area contributed by atoms with Crippen molar-refractivity contribution in [1.29, 1.82) is 0 Å². The van der Waals surface area contributed by atoms with Gasteiger partial charge in [-0.25, -0.2) is 0 Å². The number of carbonyl (C=O) groups excluding carboxylic acids is 1. The lowest BCUT2D eigenvalue weighted by molar-refractivity contribution is -0.112. The summed E-state index contributed by atoms with van der Waals surface area (Å²) in [7, 11) is 0. The first-order valence-corrected chi connectivity index (χ1v) is 6.14. The van der Waals surface area contributed by atoms with Gasteiger partial charge >= 0.3 is 0 Å². The molecule has 0 saturated carbocycles. The van der Waals surface area contributed by atoms with Crippen LogP contribution in [0.1, 0.15) is 38.7 Å². The van der Waals surface area contributed by atoms with Crippen molar-refractivity contribution in [3.8, 4) is 5.75 Å². The normalized spacial score (nSPS) is 10.7. The third kappa shape index (κ3) is 5.34. The van der Waals surface area contributed by atoms with Crippen molar-refractivity contribution in [2.75, 3.05) is 6.61 Å². The average Bonchev–Trinajstić information content (AvgIpc) is 2.33. The van der Waals surface area contributed by atoms with E-state index in [9.17, 15) is 4.79 Å². The van der Waals surface area contributed by atoms with E-state index >= 15 is 0 Å². The number of para-hydroxylation sites is 1. The number of carbonyl (C=O) groups is 1.